The Morgan fingerprint density at radius 2 is 2.00 bits per heavy atom. The van der Waals surface area contributed by atoms with E-state index in [2.05, 4.69) is 21.9 Å². The van der Waals surface area contributed by atoms with E-state index in [9.17, 15) is 4.79 Å². The Morgan fingerprint density at radius 1 is 1.23 bits per heavy atom. The molecule has 3 rings (SSSR count). The molecular weight excluding hydrogens is 390 g/mol. The number of furan rings is 1. The second kappa shape index (κ2) is 10.8. The van der Waals surface area contributed by atoms with Crippen LogP contribution in [-0.2, 0) is 6.54 Å². The second-order valence-electron chi connectivity index (χ2n) is 8.98. The molecule has 0 radical (unpaired) electrons. The van der Waals surface area contributed by atoms with Crippen LogP contribution in [0.2, 0.25) is 0 Å². The maximum absolute atomic E-state index is 13.3. The van der Waals surface area contributed by atoms with Crippen LogP contribution in [0.5, 0.6) is 5.75 Å². The summed E-state index contributed by atoms with van der Waals surface area (Å²) in [5.41, 5.74) is 2.13. The molecule has 1 fully saturated rings. The van der Waals surface area contributed by atoms with Gasteiger partial charge in [0.2, 0.25) is 0 Å². The van der Waals surface area contributed by atoms with Gasteiger partial charge in [0.25, 0.3) is 5.91 Å². The van der Waals surface area contributed by atoms with E-state index in [0.29, 0.717) is 18.2 Å². The van der Waals surface area contributed by atoms with Crippen molar-refractivity contribution < 1.29 is 13.9 Å². The summed E-state index contributed by atoms with van der Waals surface area (Å²) in [5, 5.41) is 0. The third-order valence-corrected chi connectivity index (χ3v) is 6.01. The number of likely N-dealkylation sites (tertiary alicyclic amines) is 1. The molecule has 0 bridgehead atoms. The standard InChI is InChI=1S/C25H37N3O3/c1-19-15-20(2)31-24(19)25(29)28(14-13-26(3)4)17-21-9-8-12-27(16-21)18-22-10-6-7-11-23(22)30-5/h6-7,10-11,15,21H,8-9,12-14,16-18H2,1-5H3/t21-/m0/s1. The summed E-state index contributed by atoms with van der Waals surface area (Å²) in [6.07, 6.45) is 2.29. The number of methoxy groups -OCH3 is 1. The van der Waals surface area contributed by atoms with E-state index in [1.807, 2.05) is 51.0 Å². The van der Waals surface area contributed by atoms with Crippen LogP contribution in [0.3, 0.4) is 0 Å². The number of carbonyl (C=O) groups is 1. The lowest BCUT2D eigenvalue weighted by Gasteiger charge is -2.36. The van der Waals surface area contributed by atoms with E-state index < -0.39 is 0 Å². The third kappa shape index (κ3) is 6.34. The van der Waals surface area contributed by atoms with Crippen molar-refractivity contribution >= 4 is 5.91 Å². The number of amides is 1. The average molecular weight is 428 g/mol. The first-order valence-electron chi connectivity index (χ1n) is 11.2. The number of rotatable bonds is 9. The van der Waals surface area contributed by atoms with Crippen LogP contribution < -0.4 is 4.74 Å². The predicted molar refractivity (Wildman–Crippen MR) is 124 cm³/mol. The second-order valence-corrected chi connectivity index (χ2v) is 8.98. The first-order chi connectivity index (χ1) is 14.9. The van der Waals surface area contributed by atoms with E-state index in [1.165, 1.54) is 5.56 Å². The first-order valence-corrected chi connectivity index (χ1v) is 11.2. The van der Waals surface area contributed by atoms with Gasteiger partial charge in [0.05, 0.1) is 7.11 Å². The van der Waals surface area contributed by atoms with Gasteiger partial charge in [-0.3, -0.25) is 9.69 Å². The normalized spacial score (nSPS) is 17.2. The van der Waals surface area contributed by atoms with Crippen LogP contribution >= 0.6 is 0 Å². The zero-order valence-electron chi connectivity index (χ0n) is 19.7. The number of carbonyl (C=O) groups excluding carboxylic acids is 1. The van der Waals surface area contributed by atoms with Gasteiger partial charge in [-0.25, -0.2) is 0 Å². The molecule has 0 N–H and O–H groups in total. The molecule has 1 atom stereocenters. The molecule has 0 saturated carbocycles. The quantitative estimate of drug-likeness (QED) is 0.609. The highest BCUT2D eigenvalue weighted by atomic mass is 16.5. The van der Waals surface area contributed by atoms with E-state index >= 15 is 0 Å². The number of para-hydroxylation sites is 1. The Hall–Kier alpha value is -2.31. The summed E-state index contributed by atoms with van der Waals surface area (Å²) < 4.78 is 11.3. The highest BCUT2D eigenvalue weighted by molar-refractivity contribution is 5.93. The number of likely N-dealkylation sites (N-methyl/N-ethyl adjacent to an activating group) is 1. The number of hydrogen-bond donors (Lipinski definition) is 0. The molecular formula is C25H37N3O3. The minimum atomic E-state index is 0.00861. The van der Waals surface area contributed by atoms with Crippen LogP contribution in [0, 0.1) is 19.8 Å². The number of ether oxygens (including phenoxy) is 1. The van der Waals surface area contributed by atoms with Crippen molar-refractivity contribution in [2.75, 3.05) is 53.9 Å². The van der Waals surface area contributed by atoms with Crippen molar-refractivity contribution in [2.24, 2.45) is 5.92 Å². The smallest absolute Gasteiger partial charge is 0.289 e. The number of aryl methyl sites for hydroxylation is 2. The van der Waals surface area contributed by atoms with Crippen LogP contribution in [0.15, 0.2) is 34.7 Å². The zero-order valence-corrected chi connectivity index (χ0v) is 19.7. The summed E-state index contributed by atoms with van der Waals surface area (Å²) in [6.45, 7) is 9.08. The van der Waals surface area contributed by atoms with Crippen LogP contribution in [0.1, 0.15) is 40.3 Å². The number of piperidine rings is 1. The fourth-order valence-corrected chi connectivity index (χ4v) is 4.42. The van der Waals surface area contributed by atoms with Gasteiger partial charge in [0.1, 0.15) is 11.5 Å². The van der Waals surface area contributed by atoms with E-state index in [-0.39, 0.29) is 5.91 Å². The predicted octanol–water partition coefficient (Wildman–Crippen LogP) is 3.82. The Labute approximate surface area is 186 Å². The lowest BCUT2D eigenvalue weighted by molar-refractivity contribution is 0.0628. The van der Waals surface area contributed by atoms with Gasteiger partial charge in [-0.2, -0.15) is 0 Å². The van der Waals surface area contributed by atoms with Crippen LogP contribution in [-0.4, -0.2) is 74.5 Å². The molecule has 1 aromatic heterocycles. The minimum absolute atomic E-state index is 0.00861. The number of benzene rings is 1. The van der Waals surface area contributed by atoms with Crippen molar-refractivity contribution in [3.8, 4) is 5.75 Å². The molecule has 0 aliphatic carbocycles. The molecule has 1 aliphatic rings. The molecule has 2 heterocycles. The van der Waals surface area contributed by atoms with Gasteiger partial charge >= 0.3 is 0 Å². The summed E-state index contributed by atoms with van der Waals surface area (Å²) in [7, 11) is 5.81. The maximum atomic E-state index is 13.3. The lowest BCUT2D eigenvalue weighted by atomic mass is 9.96. The van der Waals surface area contributed by atoms with Gasteiger partial charge < -0.3 is 19.0 Å². The molecule has 1 amide bonds. The molecule has 0 spiro atoms. The van der Waals surface area contributed by atoms with Crippen molar-refractivity contribution in [3.63, 3.8) is 0 Å². The molecule has 6 heteroatoms. The SMILES string of the molecule is COc1ccccc1CN1CCC[C@H](CN(CCN(C)C)C(=O)c2oc(C)cc2C)C1. The molecule has 170 valence electrons. The van der Waals surface area contributed by atoms with Crippen molar-refractivity contribution in [1.82, 2.24) is 14.7 Å². The fraction of sp³-hybridized carbons (Fsp3) is 0.560. The molecule has 1 aromatic carbocycles. The number of hydrogen-bond acceptors (Lipinski definition) is 5. The van der Waals surface area contributed by atoms with Crippen molar-refractivity contribution in [1.29, 1.82) is 0 Å². The summed E-state index contributed by atoms with van der Waals surface area (Å²) >= 11 is 0. The first kappa shape index (κ1) is 23.4. The molecule has 0 unspecified atom stereocenters. The van der Waals surface area contributed by atoms with Crippen molar-refractivity contribution in [2.45, 2.75) is 33.2 Å². The third-order valence-electron chi connectivity index (χ3n) is 6.01. The Balaban J connectivity index is 1.68. The molecule has 1 aliphatic heterocycles. The largest absolute Gasteiger partial charge is 0.496 e. The maximum Gasteiger partial charge on any atom is 0.289 e. The fourth-order valence-electron chi connectivity index (χ4n) is 4.42. The minimum Gasteiger partial charge on any atom is -0.496 e. The summed E-state index contributed by atoms with van der Waals surface area (Å²) in [5.74, 6) is 2.67. The Bertz CT molecular complexity index is 861. The monoisotopic (exact) mass is 427 g/mol. The molecule has 2 aromatic rings. The number of nitrogens with zero attached hydrogens (tertiary/aromatic N) is 3. The van der Waals surface area contributed by atoms with Gasteiger partial charge in [-0.05, 0) is 65.4 Å². The van der Waals surface area contributed by atoms with Gasteiger partial charge in [0.15, 0.2) is 5.76 Å². The van der Waals surface area contributed by atoms with E-state index in [0.717, 1.165) is 62.6 Å². The summed E-state index contributed by atoms with van der Waals surface area (Å²) in [4.78, 5) is 19.9. The van der Waals surface area contributed by atoms with Crippen molar-refractivity contribution in [3.05, 3.63) is 53.0 Å². The topological polar surface area (TPSA) is 49.2 Å². The highest BCUT2D eigenvalue weighted by Crippen LogP contribution is 2.25. The van der Waals surface area contributed by atoms with Crippen LogP contribution in [0.25, 0.3) is 0 Å². The van der Waals surface area contributed by atoms with Gasteiger partial charge in [0, 0.05) is 43.9 Å². The van der Waals surface area contributed by atoms with Crippen LogP contribution in [0.4, 0.5) is 0 Å². The van der Waals surface area contributed by atoms with E-state index in [1.54, 1.807) is 7.11 Å². The Kier molecular flexibility index (Phi) is 8.15. The Morgan fingerprint density at radius 3 is 2.68 bits per heavy atom. The van der Waals surface area contributed by atoms with Gasteiger partial charge in [-0.15, -0.1) is 0 Å². The zero-order chi connectivity index (χ0) is 22.4. The molecule has 31 heavy (non-hydrogen) atoms. The molecule has 1 saturated heterocycles. The lowest BCUT2D eigenvalue weighted by Crippen LogP contribution is -2.44. The molecule has 6 nitrogen and oxygen atoms in total. The average Bonchev–Trinajstić information content (AvgIpc) is 3.09. The van der Waals surface area contributed by atoms with Gasteiger partial charge in [-0.1, -0.05) is 18.2 Å². The summed E-state index contributed by atoms with van der Waals surface area (Å²) in [6, 6.07) is 10.2. The highest BCUT2D eigenvalue weighted by Gasteiger charge is 2.27. The van der Waals surface area contributed by atoms with E-state index in [4.69, 9.17) is 9.15 Å².